The topological polar surface area (TPSA) is 142 Å². The number of hydrogen-bond donors (Lipinski definition) is 4. The number of carbonyl (C=O) groups excluding carboxylic acids is 1. The maximum Gasteiger partial charge on any atom is 0.323 e. The van der Waals surface area contributed by atoms with Crippen molar-refractivity contribution in [1.29, 1.82) is 0 Å². The number of nitrogens with zero attached hydrogens (tertiary/aromatic N) is 7. The molecule has 13 heteroatoms. The van der Waals surface area contributed by atoms with Gasteiger partial charge in [-0.15, -0.1) is 0 Å². The second-order valence-corrected chi connectivity index (χ2v) is 12.9. The average Bonchev–Trinajstić information content (AvgIpc) is 3.70. The molecule has 2 unspecified atom stereocenters. The first-order valence-electron chi connectivity index (χ1n) is 16.9. The standard InChI is InChI=1S/C34H45N9O4/c1-2-40-15-17-41(18-16-40)26-9-7-25(8-10-26)36-34(46)35-24-5-3-23(4-6-24)31-37-32(42-19-29-13-14-30(20-42)47-29)39-33(38-31)43-27(21-44)11-12-28(43)22-45/h3-10,27-30,44-45H,2,11-22H2,1H3,(H2,35,36,46)/t27-,28+,29?,30?. The molecule has 2 bridgehead atoms. The summed E-state index contributed by atoms with van der Waals surface area (Å²) in [5, 5.41) is 26.1. The van der Waals surface area contributed by atoms with Crippen LogP contribution in [0.5, 0.6) is 0 Å². The quantitative estimate of drug-likeness (QED) is 0.273. The van der Waals surface area contributed by atoms with Gasteiger partial charge in [-0.1, -0.05) is 6.92 Å². The fourth-order valence-corrected chi connectivity index (χ4v) is 7.24. The fourth-order valence-electron chi connectivity index (χ4n) is 7.24. The largest absolute Gasteiger partial charge is 0.394 e. The predicted octanol–water partition coefficient (Wildman–Crippen LogP) is 3.01. The Hall–Kier alpha value is -4.04. The van der Waals surface area contributed by atoms with Gasteiger partial charge < -0.3 is 45.2 Å². The Balaban J connectivity index is 1.05. The number of anilines is 5. The van der Waals surface area contributed by atoms with Gasteiger partial charge in [-0.2, -0.15) is 15.0 Å². The molecule has 4 aliphatic rings. The van der Waals surface area contributed by atoms with E-state index < -0.39 is 0 Å². The number of carbonyl (C=O) groups is 1. The second-order valence-electron chi connectivity index (χ2n) is 12.9. The van der Waals surface area contributed by atoms with Gasteiger partial charge >= 0.3 is 6.03 Å². The van der Waals surface area contributed by atoms with Crippen molar-refractivity contribution in [3.63, 3.8) is 0 Å². The number of likely N-dealkylation sites (N-methyl/N-ethyl adjacent to an activating group) is 1. The van der Waals surface area contributed by atoms with Crippen molar-refractivity contribution in [3.8, 4) is 11.4 Å². The number of hydrogen-bond acceptors (Lipinski definition) is 11. The van der Waals surface area contributed by atoms with Crippen LogP contribution in [0.3, 0.4) is 0 Å². The Bertz CT molecular complexity index is 1490. The number of benzene rings is 2. The molecule has 0 aliphatic carbocycles. The third kappa shape index (κ3) is 6.98. The number of urea groups is 1. The Morgan fingerprint density at radius 3 is 1.91 bits per heavy atom. The number of morpholine rings is 1. The summed E-state index contributed by atoms with van der Waals surface area (Å²) in [6, 6.07) is 14.7. The Kier molecular flexibility index (Phi) is 9.39. The number of piperazine rings is 1. The highest BCUT2D eigenvalue weighted by Crippen LogP contribution is 2.33. The molecule has 4 atom stereocenters. The van der Waals surface area contributed by atoms with Crippen LogP contribution >= 0.6 is 0 Å². The number of fused-ring (bicyclic) bond motifs is 2. The highest BCUT2D eigenvalue weighted by Gasteiger charge is 2.38. The minimum absolute atomic E-state index is 0.0442. The van der Waals surface area contributed by atoms with Crippen molar-refractivity contribution >= 4 is 35.0 Å². The fraction of sp³-hybridized carbons (Fsp3) is 0.529. The third-order valence-corrected chi connectivity index (χ3v) is 9.92. The number of rotatable bonds is 9. The van der Waals surface area contributed by atoms with Gasteiger partial charge in [-0.3, -0.25) is 0 Å². The van der Waals surface area contributed by atoms with Crippen molar-refractivity contribution in [2.75, 3.05) is 84.4 Å². The van der Waals surface area contributed by atoms with Crippen LogP contribution in [0.2, 0.25) is 0 Å². The lowest BCUT2D eigenvalue weighted by Crippen LogP contribution is -2.46. The van der Waals surface area contributed by atoms with E-state index in [2.05, 4.69) is 44.4 Å². The normalized spacial score (nSPS) is 24.5. The van der Waals surface area contributed by atoms with Crippen LogP contribution in [0.25, 0.3) is 11.4 Å². The summed E-state index contributed by atoms with van der Waals surface area (Å²) in [5.74, 6) is 1.52. The average molecular weight is 644 g/mol. The van der Waals surface area contributed by atoms with E-state index in [1.165, 1.54) is 0 Å². The molecule has 3 aromatic rings. The molecule has 2 amide bonds. The zero-order valence-corrected chi connectivity index (χ0v) is 27.0. The number of amides is 2. The molecule has 4 saturated heterocycles. The number of aliphatic hydroxyl groups is 2. The van der Waals surface area contributed by atoms with Crippen molar-refractivity contribution < 1.29 is 19.7 Å². The number of ether oxygens (including phenoxy) is 1. The molecule has 13 nitrogen and oxygen atoms in total. The van der Waals surface area contributed by atoms with Gasteiger partial charge in [-0.25, -0.2) is 4.79 Å². The number of nitrogens with one attached hydrogen (secondary N) is 2. The van der Waals surface area contributed by atoms with E-state index in [1.807, 2.05) is 41.3 Å². The number of aliphatic hydroxyl groups excluding tert-OH is 2. The first-order chi connectivity index (χ1) is 23.0. The Labute approximate surface area is 275 Å². The van der Waals surface area contributed by atoms with Gasteiger partial charge in [0.05, 0.1) is 37.5 Å². The molecule has 5 heterocycles. The predicted molar refractivity (Wildman–Crippen MR) is 182 cm³/mol. The SMILES string of the molecule is CCN1CCN(c2ccc(NC(=O)Nc3ccc(-c4nc(N5CC6CCC(C5)O6)nc(N5[C@H](CO)CC[C@@H]5CO)n4)cc3)cc2)CC1. The van der Waals surface area contributed by atoms with Crippen LogP contribution in [0, 0.1) is 0 Å². The number of aromatic nitrogens is 3. The summed E-state index contributed by atoms with van der Waals surface area (Å²) >= 11 is 0. The zero-order valence-electron chi connectivity index (χ0n) is 27.0. The van der Waals surface area contributed by atoms with Crippen LogP contribution < -0.4 is 25.3 Å². The van der Waals surface area contributed by atoms with Crippen molar-refractivity contribution in [1.82, 2.24) is 19.9 Å². The molecular formula is C34H45N9O4. The van der Waals surface area contributed by atoms with Crippen molar-refractivity contribution in [2.45, 2.75) is 56.9 Å². The molecule has 250 valence electrons. The molecule has 1 aromatic heterocycles. The van der Waals surface area contributed by atoms with Crippen LogP contribution in [0.15, 0.2) is 48.5 Å². The summed E-state index contributed by atoms with van der Waals surface area (Å²) < 4.78 is 6.05. The molecule has 47 heavy (non-hydrogen) atoms. The van der Waals surface area contributed by atoms with Gasteiger partial charge in [0.15, 0.2) is 5.82 Å². The molecule has 4 aliphatic heterocycles. The Morgan fingerprint density at radius 2 is 1.34 bits per heavy atom. The zero-order chi connectivity index (χ0) is 32.3. The summed E-state index contributed by atoms with van der Waals surface area (Å²) in [4.78, 5) is 36.4. The van der Waals surface area contributed by atoms with Gasteiger partial charge in [0, 0.05) is 61.9 Å². The maximum atomic E-state index is 12.8. The second kappa shape index (κ2) is 14.0. The highest BCUT2D eigenvalue weighted by atomic mass is 16.5. The third-order valence-electron chi connectivity index (χ3n) is 9.92. The van der Waals surface area contributed by atoms with E-state index in [-0.39, 0.29) is 43.5 Å². The molecule has 0 radical (unpaired) electrons. The van der Waals surface area contributed by atoms with Crippen LogP contribution in [0.1, 0.15) is 32.6 Å². The first-order valence-corrected chi connectivity index (χ1v) is 16.9. The van der Waals surface area contributed by atoms with Gasteiger partial charge in [0.2, 0.25) is 11.9 Å². The Morgan fingerprint density at radius 1 is 0.766 bits per heavy atom. The molecule has 0 saturated carbocycles. The molecule has 4 fully saturated rings. The van der Waals surface area contributed by atoms with Crippen LogP contribution in [-0.2, 0) is 4.74 Å². The lowest BCUT2D eigenvalue weighted by atomic mass is 10.2. The van der Waals surface area contributed by atoms with Crippen LogP contribution in [0.4, 0.5) is 33.8 Å². The first kappa shape index (κ1) is 31.6. The smallest absolute Gasteiger partial charge is 0.323 e. The van der Waals surface area contributed by atoms with E-state index >= 15 is 0 Å². The monoisotopic (exact) mass is 643 g/mol. The summed E-state index contributed by atoms with van der Waals surface area (Å²) in [7, 11) is 0. The van der Waals surface area contributed by atoms with E-state index in [1.54, 1.807) is 0 Å². The molecule has 4 N–H and O–H groups in total. The molecule has 0 spiro atoms. The van der Waals surface area contributed by atoms with Gasteiger partial charge in [0.25, 0.3) is 0 Å². The summed E-state index contributed by atoms with van der Waals surface area (Å²) in [5.41, 5.74) is 3.29. The highest BCUT2D eigenvalue weighted by molar-refractivity contribution is 6.00. The van der Waals surface area contributed by atoms with Gasteiger partial charge in [-0.05, 0) is 80.8 Å². The lowest BCUT2D eigenvalue weighted by molar-refractivity contribution is 0.0299. The van der Waals surface area contributed by atoms with Crippen molar-refractivity contribution in [3.05, 3.63) is 48.5 Å². The van der Waals surface area contributed by atoms with Gasteiger partial charge in [0.1, 0.15) is 0 Å². The maximum absolute atomic E-state index is 12.8. The summed E-state index contributed by atoms with van der Waals surface area (Å²) in [6.45, 7) is 8.75. The van der Waals surface area contributed by atoms with E-state index in [0.29, 0.717) is 36.5 Å². The van der Waals surface area contributed by atoms with E-state index in [4.69, 9.17) is 19.7 Å². The van der Waals surface area contributed by atoms with E-state index in [0.717, 1.165) is 75.3 Å². The van der Waals surface area contributed by atoms with Crippen LogP contribution in [-0.4, -0.2) is 119 Å². The summed E-state index contributed by atoms with van der Waals surface area (Å²) in [6.07, 6.45) is 3.89. The molecular weight excluding hydrogens is 598 g/mol. The minimum atomic E-state index is -0.326. The molecule has 7 rings (SSSR count). The van der Waals surface area contributed by atoms with Crippen molar-refractivity contribution in [2.24, 2.45) is 0 Å². The lowest BCUT2D eigenvalue weighted by Gasteiger charge is -2.35. The molecule has 2 aromatic carbocycles. The minimum Gasteiger partial charge on any atom is -0.394 e. The van der Waals surface area contributed by atoms with E-state index in [9.17, 15) is 15.0 Å².